The highest BCUT2D eigenvalue weighted by atomic mass is 35.5. The molecule has 2 rings (SSSR count). The van der Waals surface area contributed by atoms with Crippen LogP contribution in [0, 0.1) is 0 Å². The minimum atomic E-state index is 0. The molecule has 0 unspecified atom stereocenters. The van der Waals surface area contributed by atoms with E-state index in [1.54, 1.807) is 0 Å². The van der Waals surface area contributed by atoms with Crippen LogP contribution < -0.4 is 5.32 Å². The third kappa shape index (κ3) is 6.61. The van der Waals surface area contributed by atoms with Gasteiger partial charge in [-0.1, -0.05) is 54.6 Å². The lowest BCUT2D eigenvalue weighted by Gasteiger charge is -2.09. The summed E-state index contributed by atoms with van der Waals surface area (Å²) in [5.74, 6) is 0. The van der Waals surface area contributed by atoms with E-state index >= 15 is 0 Å². The number of ether oxygens (including phenoxy) is 1. The molecule has 1 N–H and O–H groups in total. The first-order valence-corrected chi connectivity index (χ1v) is 7.72. The van der Waals surface area contributed by atoms with Gasteiger partial charge < -0.3 is 10.1 Å². The van der Waals surface area contributed by atoms with Gasteiger partial charge in [0.15, 0.2) is 0 Å². The molecule has 2 aromatic carbocycles. The molecule has 2 nitrogen and oxygen atoms in total. The number of rotatable bonds is 8. The van der Waals surface area contributed by atoms with Gasteiger partial charge in [-0.2, -0.15) is 0 Å². The van der Waals surface area contributed by atoms with Crippen molar-refractivity contribution >= 4 is 12.4 Å². The molecule has 0 heterocycles. The molecule has 0 aromatic heterocycles. The van der Waals surface area contributed by atoms with Gasteiger partial charge in [-0.25, -0.2) is 0 Å². The summed E-state index contributed by atoms with van der Waals surface area (Å²) in [5.41, 5.74) is 3.85. The molecule has 0 spiro atoms. The Balaban J connectivity index is 0.00000242. The summed E-state index contributed by atoms with van der Waals surface area (Å²) in [6.45, 7) is 6.88. The fourth-order valence-corrected chi connectivity index (χ4v) is 2.19. The van der Waals surface area contributed by atoms with Gasteiger partial charge in [-0.15, -0.1) is 12.4 Å². The molecule has 0 bridgehead atoms. The predicted octanol–water partition coefficient (Wildman–Crippen LogP) is 4.68. The van der Waals surface area contributed by atoms with E-state index in [0.717, 1.165) is 26.1 Å². The highest BCUT2D eigenvalue weighted by Crippen LogP contribution is 2.19. The summed E-state index contributed by atoms with van der Waals surface area (Å²) in [7, 11) is 0. The SMILES string of the molecule is CC(C)OCCCNCc1ccc(-c2ccccc2)cc1.Cl. The van der Waals surface area contributed by atoms with Crippen molar-refractivity contribution in [1.82, 2.24) is 5.32 Å². The molecule has 3 heteroatoms. The lowest BCUT2D eigenvalue weighted by molar-refractivity contribution is 0.0770. The molecule has 0 fully saturated rings. The lowest BCUT2D eigenvalue weighted by atomic mass is 10.0. The van der Waals surface area contributed by atoms with Crippen molar-refractivity contribution in [3.8, 4) is 11.1 Å². The van der Waals surface area contributed by atoms with Crippen molar-refractivity contribution in [2.24, 2.45) is 0 Å². The quantitative estimate of drug-likeness (QED) is 0.713. The van der Waals surface area contributed by atoms with E-state index in [-0.39, 0.29) is 12.4 Å². The molecule has 0 atom stereocenters. The van der Waals surface area contributed by atoms with Gasteiger partial charge in [0, 0.05) is 13.2 Å². The van der Waals surface area contributed by atoms with Crippen molar-refractivity contribution in [3.63, 3.8) is 0 Å². The fourth-order valence-electron chi connectivity index (χ4n) is 2.19. The van der Waals surface area contributed by atoms with E-state index in [4.69, 9.17) is 4.74 Å². The molecule has 0 aliphatic rings. The zero-order valence-electron chi connectivity index (χ0n) is 13.4. The number of halogens is 1. The Morgan fingerprint density at radius 3 is 2.18 bits per heavy atom. The average Bonchev–Trinajstić information content (AvgIpc) is 2.52. The maximum atomic E-state index is 5.52. The molecule has 2 aromatic rings. The van der Waals surface area contributed by atoms with E-state index in [1.165, 1.54) is 16.7 Å². The van der Waals surface area contributed by atoms with E-state index in [1.807, 2.05) is 6.07 Å². The monoisotopic (exact) mass is 319 g/mol. The van der Waals surface area contributed by atoms with Crippen LogP contribution in [0.5, 0.6) is 0 Å². The largest absolute Gasteiger partial charge is 0.379 e. The average molecular weight is 320 g/mol. The van der Waals surface area contributed by atoms with Gasteiger partial charge in [0.1, 0.15) is 0 Å². The Morgan fingerprint density at radius 2 is 1.55 bits per heavy atom. The van der Waals surface area contributed by atoms with Gasteiger partial charge in [0.2, 0.25) is 0 Å². The van der Waals surface area contributed by atoms with Crippen LogP contribution in [0.4, 0.5) is 0 Å². The van der Waals surface area contributed by atoms with Crippen LogP contribution in [-0.4, -0.2) is 19.3 Å². The third-order valence-corrected chi connectivity index (χ3v) is 3.34. The molecular weight excluding hydrogens is 294 g/mol. The van der Waals surface area contributed by atoms with E-state index < -0.39 is 0 Å². The Labute approximate surface area is 140 Å². The second-order valence-corrected chi connectivity index (χ2v) is 5.51. The predicted molar refractivity (Wildman–Crippen MR) is 96.5 cm³/mol. The van der Waals surface area contributed by atoms with Crippen LogP contribution >= 0.6 is 12.4 Å². The number of hydrogen-bond acceptors (Lipinski definition) is 2. The van der Waals surface area contributed by atoms with E-state index in [0.29, 0.717) is 6.10 Å². The minimum absolute atomic E-state index is 0. The minimum Gasteiger partial charge on any atom is -0.379 e. The maximum absolute atomic E-state index is 5.52. The summed E-state index contributed by atoms with van der Waals surface area (Å²) in [6, 6.07) is 19.2. The van der Waals surface area contributed by atoms with Crippen molar-refractivity contribution < 1.29 is 4.74 Å². The first kappa shape index (κ1) is 18.7. The first-order valence-electron chi connectivity index (χ1n) is 7.72. The van der Waals surface area contributed by atoms with Gasteiger partial charge in [0.25, 0.3) is 0 Å². The van der Waals surface area contributed by atoms with Gasteiger partial charge in [-0.3, -0.25) is 0 Å². The molecule has 0 saturated carbocycles. The zero-order chi connectivity index (χ0) is 14.9. The van der Waals surface area contributed by atoms with Crippen molar-refractivity contribution in [2.45, 2.75) is 32.9 Å². The molecule has 0 radical (unpaired) electrons. The molecule has 0 saturated heterocycles. The van der Waals surface area contributed by atoms with E-state index in [9.17, 15) is 0 Å². The van der Waals surface area contributed by atoms with Crippen molar-refractivity contribution in [3.05, 3.63) is 60.2 Å². The smallest absolute Gasteiger partial charge is 0.0518 e. The van der Waals surface area contributed by atoms with Crippen molar-refractivity contribution in [2.75, 3.05) is 13.2 Å². The summed E-state index contributed by atoms with van der Waals surface area (Å²) < 4.78 is 5.52. The van der Waals surface area contributed by atoms with Crippen LogP contribution in [0.25, 0.3) is 11.1 Å². The Bertz CT molecular complexity index is 511. The Kier molecular flexibility index (Phi) is 8.83. The highest BCUT2D eigenvalue weighted by Gasteiger charge is 1.98. The molecule has 0 amide bonds. The standard InChI is InChI=1S/C19H25NO.ClH/c1-16(2)21-14-6-13-20-15-17-9-11-19(12-10-17)18-7-4-3-5-8-18;/h3-5,7-12,16,20H,6,13-15H2,1-2H3;1H. The van der Waals surface area contributed by atoms with Crippen molar-refractivity contribution in [1.29, 1.82) is 0 Å². The van der Waals surface area contributed by atoms with E-state index in [2.05, 4.69) is 67.7 Å². The first-order chi connectivity index (χ1) is 10.3. The van der Waals surface area contributed by atoms with Crippen LogP contribution in [-0.2, 0) is 11.3 Å². The topological polar surface area (TPSA) is 21.3 Å². The second-order valence-electron chi connectivity index (χ2n) is 5.51. The normalized spacial score (nSPS) is 10.5. The second kappa shape index (κ2) is 10.4. The summed E-state index contributed by atoms with van der Waals surface area (Å²) in [5, 5.41) is 3.45. The van der Waals surface area contributed by atoms with Gasteiger partial charge in [-0.05, 0) is 43.5 Å². The molecule has 0 aliphatic heterocycles. The van der Waals surface area contributed by atoms with Crippen LogP contribution in [0.3, 0.4) is 0 Å². The molecule has 0 aliphatic carbocycles. The Hall–Kier alpha value is -1.35. The van der Waals surface area contributed by atoms with Crippen LogP contribution in [0.2, 0.25) is 0 Å². The Morgan fingerprint density at radius 1 is 0.909 bits per heavy atom. The van der Waals surface area contributed by atoms with Crippen LogP contribution in [0.15, 0.2) is 54.6 Å². The third-order valence-electron chi connectivity index (χ3n) is 3.34. The molecular formula is C19H26ClNO. The number of nitrogens with one attached hydrogen (secondary N) is 1. The maximum Gasteiger partial charge on any atom is 0.0518 e. The highest BCUT2D eigenvalue weighted by molar-refractivity contribution is 5.85. The molecule has 22 heavy (non-hydrogen) atoms. The van der Waals surface area contributed by atoms with Gasteiger partial charge >= 0.3 is 0 Å². The fraction of sp³-hybridized carbons (Fsp3) is 0.368. The van der Waals surface area contributed by atoms with Gasteiger partial charge in [0.05, 0.1) is 6.10 Å². The summed E-state index contributed by atoms with van der Waals surface area (Å²) >= 11 is 0. The summed E-state index contributed by atoms with van der Waals surface area (Å²) in [4.78, 5) is 0. The van der Waals surface area contributed by atoms with Crippen LogP contribution in [0.1, 0.15) is 25.8 Å². The zero-order valence-corrected chi connectivity index (χ0v) is 14.2. The number of hydrogen-bond donors (Lipinski definition) is 1. The molecule has 120 valence electrons. The summed E-state index contributed by atoms with van der Waals surface area (Å²) in [6.07, 6.45) is 1.39. The lowest BCUT2D eigenvalue weighted by Crippen LogP contribution is -2.17. The number of benzene rings is 2.